The van der Waals surface area contributed by atoms with Crippen molar-refractivity contribution in [3.05, 3.63) is 130 Å². The van der Waals surface area contributed by atoms with Gasteiger partial charge in [-0.25, -0.2) is 46.5 Å². The molecule has 75 heavy (non-hydrogen) atoms. The van der Waals surface area contributed by atoms with Crippen molar-refractivity contribution >= 4 is 29.8 Å². The number of non-ortho nitro benzene ring substituents is 1. The van der Waals surface area contributed by atoms with Gasteiger partial charge in [-0.3, -0.25) is 19.7 Å². The fourth-order valence-electron chi connectivity index (χ4n) is 6.63. The summed E-state index contributed by atoms with van der Waals surface area (Å²) < 4.78 is 77.2. The quantitative estimate of drug-likeness (QED) is 0.00833. The number of aliphatic hydroxyl groups is 1. The Kier molecular flexibility index (Phi) is 23.7. The van der Waals surface area contributed by atoms with E-state index in [4.69, 9.17) is 30.8 Å². The van der Waals surface area contributed by atoms with E-state index in [2.05, 4.69) is 36.1 Å². The highest BCUT2D eigenvalue weighted by Crippen LogP contribution is 2.36. The predicted octanol–water partition coefficient (Wildman–Crippen LogP) is 6.75. The minimum Gasteiger partial charge on any atom is -0.448 e. The number of alkyl carbamates (subject to hydrolysis) is 1. The molecule has 3 amide bonds. The zero-order valence-corrected chi connectivity index (χ0v) is 41.3. The Labute approximate surface area is 431 Å². The Balaban J connectivity index is 0.000000392. The van der Waals surface area contributed by atoms with Crippen molar-refractivity contribution in [1.82, 2.24) is 45.5 Å². The van der Waals surface area contributed by atoms with Crippen molar-refractivity contribution in [2.75, 3.05) is 26.4 Å². The lowest BCUT2D eigenvalue weighted by molar-refractivity contribution is -0.384. The van der Waals surface area contributed by atoms with E-state index in [1.54, 1.807) is 24.3 Å². The number of aliphatic hydroxyl groups excluding tert-OH is 1. The van der Waals surface area contributed by atoms with E-state index in [0.717, 1.165) is 0 Å². The summed E-state index contributed by atoms with van der Waals surface area (Å²) in [5.41, 5.74) is 8.80. The maximum Gasteiger partial charge on any atom is 0.513 e. The van der Waals surface area contributed by atoms with E-state index in [1.807, 2.05) is 0 Å². The first-order valence-electron chi connectivity index (χ1n) is 23.3. The molecule has 0 radical (unpaired) electrons. The lowest BCUT2D eigenvalue weighted by Crippen LogP contribution is -2.50. The van der Waals surface area contributed by atoms with Crippen molar-refractivity contribution in [3.63, 3.8) is 0 Å². The zero-order valence-electron chi connectivity index (χ0n) is 41.3. The third-order valence-corrected chi connectivity index (χ3v) is 10.7. The van der Waals surface area contributed by atoms with Gasteiger partial charge in [0.25, 0.3) is 17.5 Å². The van der Waals surface area contributed by atoms with Gasteiger partial charge in [-0.05, 0) is 65.5 Å². The molecule has 0 saturated heterocycles. The molecule has 1 unspecified atom stereocenters. The highest BCUT2D eigenvalue weighted by molar-refractivity contribution is 5.85. The number of carbonyl (C=O) groups is 4. The van der Waals surface area contributed by atoms with E-state index < -0.39 is 76.8 Å². The summed E-state index contributed by atoms with van der Waals surface area (Å²) in [4.78, 5) is 67.4. The third-order valence-electron chi connectivity index (χ3n) is 10.7. The summed E-state index contributed by atoms with van der Waals surface area (Å²) in [6.07, 6.45) is 0.456. The van der Waals surface area contributed by atoms with Crippen molar-refractivity contribution in [2.24, 2.45) is 11.5 Å². The van der Waals surface area contributed by atoms with Gasteiger partial charge in [0.1, 0.15) is 43.3 Å². The van der Waals surface area contributed by atoms with Crippen LogP contribution in [0, 0.1) is 10.1 Å². The number of nitro benzene ring substituents is 1. The smallest absolute Gasteiger partial charge is 0.448 e. The number of ether oxygens (including phenoxy) is 3. The maximum atomic E-state index is 14.9. The highest BCUT2D eigenvalue weighted by Gasteiger charge is 2.36. The number of nitrogens with zero attached hydrogens (tertiary/aromatic N) is 7. The second kappa shape index (κ2) is 28.8. The molecule has 26 heteroatoms. The van der Waals surface area contributed by atoms with Crippen LogP contribution in [0.2, 0.25) is 0 Å². The van der Waals surface area contributed by atoms with Gasteiger partial charge in [-0.15, -0.1) is 0 Å². The lowest BCUT2D eigenvalue weighted by Gasteiger charge is -2.26. The molecule has 2 atom stereocenters. The minimum absolute atomic E-state index is 0. The summed E-state index contributed by atoms with van der Waals surface area (Å²) >= 11 is 0. The van der Waals surface area contributed by atoms with E-state index in [1.165, 1.54) is 110 Å². The van der Waals surface area contributed by atoms with Crippen molar-refractivity contribution < 1.29 is 61.0 Å². The first-order valence-corrected chi connectivity index (χ1v) is 23.3. The largest absolute Gasteiger partial charge is 0.513 e. The molecule has 5 rings (SSSR count). The van der Waals surface area contributed by atoms with Crippen molar-refractivity contribution in [2.45, 2.75) is 122 Å². The van der Waals surface area contributed by atoms with Gasteiger partial charge in [-0.2, -0.15) is 10.2 Å². The van der Waals surface area contributed by atoms with Gasteiger partial charge < -0.3 is 46.7 Å². The van der Waals surface area contributed by atoms with E-state index >= 15 is 0 Å². The normalized spacial score (nSPS) is 12.4. The number of halogens is 4. The minimum atomic E-state index is -3.17. The van der Waals surface area contributed by atoms with Crippen LogP contribution in [-0.4, -0.2) is 101 Å². The number of hydrogen-bond acceptors (Lipinski definition) is 16. The number of hydrogen-bond donors (Lipinski definition) is 6. The van der Waals surface area contributed by atoms with E-state index in [0.29, 0.717) is 19.4 Å². The van der Waals surface area contributed by atoms with Crippen LogP contribution in [0.25, 0.3) is 0 Å². The topological polar surface area (TPSA) is 309 Å². The number of nitrogens with one attached hydrogen (secondary N) is 3. The van der Waals surface area contributed by atoms with Crippen LogP contribution in [-0.2, 0) is 44.0 Å². The summed E-state index contributed by atoms with van der Waals surface area (Å²) in [6.45, 7) is 6.18. The molecular formula is C49H66F4N12O10. The number of aromatic nitrogens is 6. The second-order valence-corrected chi connectivity index (χ2v) is 17.8. The molecule has 0 aliphatic rings. The van der Waals surface area contributed by atoms with Crippen molar-refractivity contribution in [3.8, 4) is 5.75 Å². The third kappa shape index (κ3) is 20.3. The number of unbranched alkanes of at least 4 members (excludes halogenated alkanes) is 1. The Morgan fingerprint density at radius 2 is 1.15 bits per heavy atom. The average molecular weight is 1060 g/mol. The molecule has 0 saturated carbocycles. The Bertz CT molecular complexity index is 2560. The average Bonchev–Trinajstić information content (AvgIpc) is 4.03. The molecule has 410 valence electrons. The maximum absolute atomic E-state index is 14.9. The molecule has 2 aromatic heterocycles. The number of rotatable bonds is 26. The molecule has 2 heterocycles. The molecule has 0 spiro atoms. The standard InChI is InChI=1S/C25H28F2N6O6.C23H34F2N6O4.CH4/c1-24(2,28)22(34)31-20(12-13-25(26,27)17-6-4-3-5-7-17)21-29-16-30-32(21)14-15-38-23(35)39-19-10-8-18(9-11-19)33(36)37;1-22(2,26)20(33)30-18(10-11-23(24,25)17-8-4-3-5-9-17)19-28-16-29-31(19)13-15-35-21(34)27-12-6-7-14-32;/h3-11,16,20H,12-15,28H2,1-2H3,(H,31,34);3-5,8-9,16,18,32H,6-7,10-15,26H2,1-2H3,(H,27,34)(H,30,33);1H4/t;18-;/m.1./s1. The fraction of sp³-hybridized carbons (Fsp3) is 0.469. The molecular weight excluding hydrogens is 993 g/mol. The van der Waals surface area contributed by atoms with Crippen LogP contribution in [0.1, 0.15) is 109 Å². The molecule has 22 nitrogen and oxygen atoms in total. The van der Waals surface area contributed by atoms with Gasteiger partial charge >= 0.3 is 12.2 Å². The fourth-order valence-corrected chi connectivity index (χ4v) is 6.63. The molecule has 0 aliphatic carbocycles. The first-order chi connectivity index (χ1) is 34.9. The molecule has 0 fully saturated rings. The summed E-state index contributed by atoms with van der Waals surface area (Å²) in [7, 11) is 0. The first kappa shape index (κ1) is 61.7. The summed E-state index contributed by atoms with van der Waals surface area (Å²) in [5.74, 6) is -6.94. The number of amides is 3. The highest BCUT2D eigenvalue weighted by atomic mass is 19.3. The van der Waals surface area contributed by atoms with Crippen LogP contribution >= 0.6 is 0 Å². The summed E-state index contributed by atoms with van der Waals surface area (Å²) in [6, 6.07) is 17.7. The number of alkyl halides is 4. The van der Waals surface area contributed by atoms with Gasteiger partial charge in [-0.1, -0.05) is 68.1 Å². The number of nitro groups is 1. The molecule has 3 aromatic carbocycles. The van der Waals surface area contributed by atoms with Crippen molar-refractivity contribution in [1.29, 1.82) is 0 Å². The van der Waals surface area contributed by atoms with E-state index in [-0.39, 0.29) is 87.4 Å². The van der Waals surface area contributed by atoms with Gasteiger partial charge in [0.2, 0.25) is 11.8 Å². The van der Waals surface area contributed by atoms with Crippen LogP contribution in [0.5, 0.6) is 5.75 Å². The second-order valence-electron chi connectivity index (χ2n) is 17.8. The predicted molar refractivity (Wildman–Crippen MR) is 265 cm³/mol. The molecule has 8 N–H and O–H groups in total. The van der Waals surface area contributed by atoms with Gasteiger partial charge in [0.05, 0.1) is 41.2 Å². The van der Waals surface area contributed by atoms with Gasteiger partial charge in [0, 0.05) is 49.3 Å². The number of nitrogens with two attached hydrogens (primary N) is 2. The number of benzene rings is 3. The van der Waals surface area contributed by atoms with Crippen LogP contribution < -0.4 is 32.2 Å². The monoisotopic (exact) mass is 1060 g/mol. The van der Waals surface area contributed by atoms with Gasteiger partial charge in [0.15, 0.2) is 0 Å². The Morgan fingerprint density at radius 1 is 0.707 bits per heavy atom. The van der Waals surface area contributed by atoms with Crippen LogP contribution in [0.3, 0.4) is 0 Å². The molecule has 0 bridgehead atoms. The lowest BCUT2D eigenvalue weighted by atomic mass is 9.99. The molecule has 0 aliphatic heterocycles. The van der Waals surface area contributed by atoms with Crippen LogP contribution in [0.15, 0.2) is 97.6 Å². The summed E-state index contributed by atoms with van der Waals surface area (Å²) in [5, 5.41) is 35.5. The molecule has 5 aromatic rings. The Morgan fingerprint density at radius 3 is 1.56 bits per heavy atom. The zero-order chi connectivity index (χ0) is 54.5. The Hall–Kier alpha value is -7.58. The van der Waals surface area contributed by atoms with Crippen LogP contribution in [0.4, 0.5) is 32.8 Å². The SMILES string of the molecule is C.CC(C)(N)C(=O)NC(CCC(F)(F)c1ccccc1)c1ncnn1CCOC(=O)Oc1ccc([N+](=O)[O-])cc1.CC(C)(N)C(=O)N[C@H](CCC(F)(F)c1ccccc1)c1ncnn1CCOC(=O)NCCCCO. The van der Waals surface area contributed by atoms with E-state index in [9.17, 15) is 46.9 Å². The number of carbonyl (C=O) groups excluding carboxylic acids is 4.